The van der Waals surface area contributed by atoms with Crippen LogP contribution in [0.5, 0.6) is 0 Å². The second-order valence-electron chi connectivity index (χ2n) is 12.4. The third-order valence-electron chi connectivity index (χ3n) is 9.51. The van der Waals surface area contributed by atoms with Crippen molar-refractivity contribution in [3.8, 4) is 45.3 Å². The Balaban J connectivity index is 1.30. The molecule has 0 spiro atoms. The van der Waals surface area contributed by atoms with E-state index in [9.17, 15) is 0 Å². The molecule has 0 atom stereocenters. The Morgan fingerprint density at radius 2 is 0.857 bits per heavy atom. The van der Waals surface area contributed by atoms with Crippen molar-refractivity contribution in [2.45, 2.75) is 0 Å². The molecule has 0 amide bonds. The molecule has 0 aliphatic rings. The second-order valence-corrected chi connectivity index (χ2v) is 14.5. The van der Waals surface area contributed by atoms with Crippen molar-refractivity contribution in [1.29, 1.82) is 0 Å². The Bertz CT molecular complexity index is 2820. The molecule has 0 saturated carbocycles. The van der Waals surface area contributed by atoms with Crippen molar-refractivity contribution in [2.75, 3.05) is 0 Å². The van der Waals surface area contributed by atoms with Gasteiger partial charge in [0.05, 0.1) is 0 Å². The monoisotopic (exact) mass is 689 g/mol. The van der Waals surface area contributed by atoms with Crippen LogP contribution in [0.25, 0.3) is 96.9 Å². The Hall–Kier alpha value is -5.93. The van der Waals surface area contributed by atoms with Gasteiger partial charge < -0.3 is 0 Å². The zero-order valence-corrected chi connectivity index (χ0v) is 28.1. The van der Waals surface area contributed by atoms with E-state index in [-0.39, 0.29) is 14.5 Å². The summed E-state index contributed by atoms with van der Waals surface area (Å²) in [6, 6.07) is 58.3. The van der Waals surface area contributed by atoms with E-state index in [2.05, 4.69) is 127 Å². The van der Waals surface area contributed by atoms with Crippen molar-refractivity contribution < 1.29 is 0 Å². The van der Waals surface area contributed by atoms with Crippen molar-refractivity contribution in [1.82, 2.24) is 15.0 Å². The number of aromatic nitrogens is 3. The molecule has 0 aliphatic heterocycles. The Morgan fingerprint density at radius 1 is 0.327 bits per heavy atom. The zero-order valence-electron chi connectivity index (χ0n) is 26.3. The van der Waals surface area contributed by atoms with Gasteiger partial charge in [0.25, 0.3) is 0 Å². The van der Waals surface area contributed by atoms with Gasteiger partial charge in [0.15, 0.2) is 0 Å². The van der Waals surface area contributed by atoms with E-state index < -0.39 is 0 Å². The molecule has 2 aromatic heterocycles. The fraction of sp³-hybridized carbons (Fsp3) is 0. The fourth-order valence-corrected chi connectivity index (χ4v) is 10.1. The third-order valence-corrected chi connectivity index (χ3v) is 12.2. The van der Waals surface area contributed by atoms with Gasteiger partial charge in [0, 0.05) is 0 Å². The van der Waals surface area contributed by atoms with E-state index in [0.29, 0.717) is 17.5 Å². The van der Waals surface area contributed by atoms with E-state index >= 15 is 0 Å². The average molecular weight is 689 g/mol. The van der Waals surface area contributed by atoms with Crippen LogP contribution in [0, 0.1) is 0 Å². The number of benzene rings is 8. The van der Waals surface area contributed by atoms with Crippen LogP contribution in [0.1, 0.15) is 0 Å². The quantitative estimate of drug-likeness (QED) is 0.136. The minimum absolute atomic E-state index is 0.0859. The molecule has 4 heteroatoms. The first-order chi connectivity index (χ1) is 24.3. The van der Waals surface area contributed by atoms with E-state index in [1.54, 1.807) is 0 Å². The summed E-state index contributed by atoms with van der Waals surface area (Å²) in [5.41, 5.74) is 5.35. The fourth-order valence-electron chi connectivity index (χ4n) is 7.22. The topological polar surface area (TPSA) is 38.7 Å². The number of hydrogen-bond donors (Lipinski definition) is 0. The first-order valence-corrected chi connectivity index (χ1v) is 18.2. The molecule has 0 N–H and O–H groups in total. The van der Waals surface area contributed by atoms with Crippen LogP contribution in [0.4, 0.5) is 0 Å². The molecule has 0 fully saturated rings. The molecule has 0 aliphatic carbocycles. The summed E-state index contributed by atoms with van der Waals surface area (Å²) in [5, 5.41) is 10.3. The summed E-state index contributed by atoms with van der Waals surface area (Å²) < 4.78 is 2.87. The summed E-state index contributed by atoms with van der Waals surface area (Å²) in [7, 11) is 0. The molecule has 3 nitrogen and oxygen atoms in total. The van der Waals surface area contributed by atoms with Crippen molar-refractivity contribution in [3.05, 3.63) is 164 Å². The Morgan fingerprint density at radius 3 is 1.59 bits per heavy atom. The molecule has 10 rings (SSSR count). The summed E-state index contributed by atoms with van der Waals surface area (Å²) in [6.07, 6.45) is 0. The number of nitrogens with zero attached hydrogens (tertiary/aromatic N) is 3. The van der Waals surface area contributed by atoms with E-state index in [1.807, 2.05) is 36.4 Å². The van der Waals surface area contributed by atoms with Crippen LogP contribution < -0.4 is 0 Å². The average Bonchev–Trinajstić information content (AvgIpc) is 3.57. The van der Waals surface area contributed by atoms with Gasteiger partial charge in [-0.25, -0.2) is 0 Å². The van der Waals surface area contributed by atoms with Crippen LogP contribution in [-0.2, 0) is 0 Å². The summed E-state index contributed by atoms with van der Waals surface area (Å²) in [5.74, 6) is 2.00. The SMILES string of the molecule is c1ccc(-c2nc(-c3ccccc3)nc(-c3ccc4ccccc4c3-c3cccc4c3[se]c3c4ccc4ccc5ccccc5c43)n2)cc1. The standard InChI is InChI=1S/C45H27N3Se/c1-3-14-31(15-4-1)43-46-44(32-16-5-2-6-17-32)48-45(47-43)38-27-24-29-13-8-10-19-34(29)40(38)37-21-11-20-35-36-26-25-30-23-22-28-12-7-9-18-33(28)39(30)42(36)49-41(35)37/h1-27H. The first kappa shape index (κ1) is 28.1. The second kappa shape index (κ2) is 11.3. The normalized spacial score (nSPS) is 11.7. The van der Waals surface area contributed by atoms with Gasteiger partial charge >= 0.3 is 290 Å². The Labute approximate surface area is 288 Å². The predicted octanol–water partition coefficient (Wildman–Crippen LogP) is 11.4. The van der Waals surface area contributed by atoms with Crippen LogP contribution in [-0.4, -0.2) is 29.5 Å². The van der Waals surface area contributed by atoms with Crippen molar-refractivity contribution in [2.24, 2.45) is 0 Å². The van der Waals surface area contributed by atoms with Crippen molar-refractivity contribution >= 4 is 66.1 Å². The summed E-state index contributed by atoms with van der Waals surface area (Å²) in [6.45, 7) is 0. The van der Waals surface area contributed by atoms with E-state index in [0.717, 1.165) is 16.7 Å². The van der Waals surface area contributed by atoms with Crippen LogP contribution in [0.2, 0.25) is 0 Å². The van der Waals surface area contributed by atoms with Crippen molar-refractivity contribution in [3.63, 3.8) is 0 Å². The Kier molecular flexibility index (Phi) is 6.51. The van der Waals surface area contributed by atoms with Gasteiger partial charge in [0.1, 0.15) is 0 Å². The van der Waals surface area contributed by atoms with E-state index in [1.165, 1.54) is 62.7 Å². The number of hydrogen-bond acceptors (Lipinski definition) is 3. The maximum atomic E-state index is 5.18. The van der Waals surface area contributed by atoms with E-state index in [4.69, 9.17) is 15.0 Å². The zero-order chi connectivity index (χ0) is 32.3. The van der Waals surface area contributed by atoms with Crippen LogP contribution in [0.3, 0.4) is 0 Å². The maximum absolute atomic E-state index is 5.18. The van der Waals surface area contributed by atoms with Gasteiger partial charge in [0.2, 0.25) is 0 Å². The molecule has 10 aromatic rings. The van der Waals surface area contributed by atoms with Gasteiger partial charge in [-0.2, -0.15) is 0 Å². The molecule has 0 bridgehead atoms. The predicted molar refractivity (Wildman–Crippen MR) is 206 cm³/mol. The van der Waals surface area contributed by atoms with Gasteiger partial charge in [-0.3, -0.25) is 0 Å². The first-order valence-electron chi connectivity index (χ1n) is 16.5. The number of rotatable bonds is 4. The molecular weight excluding hydrogens is 661 g/mol. The molecule has 49 heavy (non-hydrogen) atoms. The molecule has 0 saturated heterocycles. The number of fused-ring (bicyclic) bond motifs is 8. The molecule has 228 valence electrons. The molecule has 2 heterocycles. The van der Waals surface area contributed by atoms with Crippen LogP contribution >= 0.6 is 0 Å². The van der Waals surface area contributed by atoms with Gasteiger partial charge in [-0.1, -0.05) is 0 Å². The summed E-state index contributed by atoms with van der Waals surface area (Å²) in [4.78, 5) is 15.4. The molecule has 8 aromatic carbocycles. The van der Waals surface area contributed by atoms with Gasteiger partial charge in [-0.05, 0) is 0 Å². The third kappa shape index (κ3) is 4.61. The van der Waals surface area contributed by atoms with Gasteiger partial charge in [-0.15, -0.1) is 0 Å². The minimum atomic E-state index is 0.0859. The summed E-state index contributed by atoms with van der Waals surface area (Å²) >= 11 is 0.0859. The van der Waals surface area contributed by atoms with Crippen LogP contribution in [0.15, 0.2) is 164 Å². The molecule has 0 radical (unpaired) electrons. The molecular formula is C45H27N3Se. The molecule has 0 unspecified atom stereocenters.